The SMILES string of the molecule is CC(C)(C)OC(=O)NCCn1c(=O)n(CCNC(=O)OC(C)(C)C)c2c(F)c3c(c(F)c21)CC(C=O)C3. The van der Waals surface area contributed by atoms with Gasteiger partial charge in [0, 0.05) is 32.1 Å². The molecule has 1 aliphatic carbocycles. The van der Waals surface area contributed by atoms with Crippen LogP contribution in [0.1, 0.15) is 52.7 Å². The molecule has 0 aliphatic heterocycles. The van der Waals surface area contributed by atoms with Crippen molar-refractivity contribution in [2.75, 3.05) is 13.1 Å². The Morgan fingerprint density at radius 2 is 1.24 bits per heavy atom. The van der Waals surface area contributed by atoms with Crippen LogP contribution in [0, 0.1) is 17.6 Å². The smallest absolute Gasteiger partial charge is 0.407 e. The van der Waals surface area contributed by atoms with E-state index in [0.717, 1.165) is 9.13 Å². The molecule has 12 heteroatoms. The van der Waals surface area contributed by atoms with Gasteiger partial charge in [-0.05, 0) is 65.5 Å². The second kappa shape index (κ2) is 10.5. The first-order valence-corrected chi connectivity index (χ1v) is 12.1. The van der Waals surface area contributed by atoms with Crippen LogP contribution < -0.4 is 16.3 Å². The number of nitrogens with zero attached hydrogens (tertiary/aromatic N) is 2. The standard InChI is InChI=1S/C25H34F2N4O6/c1-24(2,3)36-21(33)28-7-9-30-19-17(26)15-11-14(13-32)12-16(15)18(27)20(19)31(23(30)35)10-8-29-22(34)37-25(4,5)6/h13-14H,7-12H2,1-6H3,(H,28,33)(H,29,34). The molecule has 2 amide bonds. The van der Waals surface area contributed by atoms with Gasteiger partial charge in [0.15, 0.2) is 11.6 Å². The van der Waals surface area contributed by atoms with Crippen LogP contribution in [0.4, 0.5) is 18.4 Å². The molecule has 0 saturated heterocycles. The molecule has 1 aromatic carbocycles. The summed E-state index contributed by atoms with van der Waals surface area (Å²) in [5.74, 6) is -2.10. The van der Waals surface area contributed by atoms with Gasteiger partial charge < -0.3 is 24.9 Å². The lowest BCUT2D eigenvalue weighted by Gasteiger charge is -2.19. The summed E-state index contributed by atoms with van der Waals surface area (Å²) in [6, 6.07) is 0. The van der Waals surface area contributed by atoms with Gasteiger partial charge in [-0.15, -0.1) is 0 Å². The van der Waals surface area contributed by atoms with Crippen molar-refractivity contribution in [2.45, 2.75) is 78.7 Å². The van der Waals surface area contributed by atoms with Gasteiger partial charge in [0.1, 0.15) is 28.5 Å². The van der Waals surface area contributed by atoms with E-state index in [9.17, 15) is 19.2 Å². The minimum atomic E-state index is -0.774. The number of hydrogen-bond acceptors (Lipinski definition) is 6. The molecule has 204 valence electrons. The van der Waals surface area contributed by atoms with Crippen LogP contribution in [0.3, 0.4) is 0 Å². The van der Waals surface area contributed by atoms with Gasteiger partial charge >= 0.3 is 17.9 Å². The maximum atomic E-state index is 15.7. The van der Waals surface area contributed by atoms with E-state index in [-0.39, 0.29) is 61.2 Å². The molecule has 0 bridgehead atoms. The van der Waals surface area contributed by atoms with E-state index in [1.807, 2.05) is 0 Å². The molecule has 1 aliphatic rings. The number of aromatic nitrogens is 2. The quantitative estimate of drug-likeness (QED) is 0.537. The minimum absolute atomic E-state index is 0.0350. The zero-order chi connectivity index (χ0) is 27.7. The number of benzene rings is 1. The van der Waals surface area contributed by atoms with Crippen molar-refractivity contribution >= 4 is 29.5 Å². The Labute approximate surface area is 213 Å². The molecule has 2 aromatic rings. The first-order chi connectivity index (χ1) is 17.1. The fourth-order valence-corrected chi connectivity index (χ4v) is 4.29. The number of hydrogen-bond donors (Lipinski definition) is 2. The Morgan fingerprint density at radius 3 is 1.57 bits per heavy atom. The average Bonchev–Trinajstić information content (AvgIpc) is 3.31. The Balaban J connectivity index is 1.95. The summed E-state index contributed by atoms with van der Waals surface area (Å²) in [6.45, 7) is 9.69. The van der Waals surface area contributed by atoms with Gasteiger partial charge in [0.2, 0.25) is 0 Å². The van der Waals surface area contributed by atoms with E-state index < -0.39 is 46.6 Å². The predicted molar refractivity (Wildman–Crippen MR) is 132 cm³/mol. The van der Waals surface area contributed by atoms with Crippen molar-refractivity contribution in [3.63, 3.8) is 0 Å². The van der Waals surface area contributed by atoms with Gasteiger partial charge in [0.25, 0.3) is 0 Å². The Hall–Kier alpha value is -3.44. The summed E-state index contributed by atoms with van der Waals surface area (Å²) in [5.41, 5.74) is -2.54. The zero-order valence-corrected chi connectivity index (χ0v) is 22.0. The summed E-state index contributed by atoms with van der Waals surface area (Å²) in [4.78, 5) is 48.6. The normalized spacial score (nSPS) is 13.9. The molecule has 3 rings (SSSR count). The van der Waals surface area contributed by atoms with Crippen molar-refractivity contribution in [3.05, 3.63) is 33.2 Å². The van der Waals surface area contributed by atoms with Crippen LogP contribution in [0.15, 0.2) is 4.79 Å². The monoisotopic (exact) mass is 524 g/mol. The first-order valence-electron chi connectivity index (χ1n) is 12.1. The number of amides is 2. The van der Waals surface area contributed by atoms with Crippen molar-refractivity contribution in [2.24, 2.45) is 5.92 Å². The van der Waals surface area contributed by atoms with Gasteiger partial charge in [-0.3, -0.25) is 9.13 Å². The summed E-state index contributed by atoms with van der Waals surface area (Å²) in [7, 11) is 0. The number of rotatable bonds is 7. The van der Waals surface area contributed by atoms with E-state index in [2.05, 4.69) is 10.6 Å². The molecule has 0 spiro atoms. The van der Waals surface area contributed by atoms with E-state index in [1.165, 1.54) is 0 Å². The van der Waals surface area contributed by atoms with E-state index in [0.29, 0.717) is 6.29 Å². The Kier molecular flexibility index (Phi) is 7.99. The molecule has 0 atom stereocenters. The summed E-state index contributed by atoms with van der Waals surface area (Å²) < 4.78 is 43.8. The number of imidazole rings is 1. The van der Waals surface area contributed by atoms with Gasteiger partial charge in [-0.25, -0.2) is 23.2 Å². The lowest BCUT2D eigenvalue weighted by atomic mass is 10.1. The number of fused-ring (bicyclic) bond motifs is 2. The van der Waals surface area contributed by atoms with Crippen LogP contribution >= 0.6 is 0 Å². The van der Waals surface area contributed by atoms with Crippen LogP contribution in [0.25, 0.3) is 11.0 Å². The van der Waals surface area contributed by atoms with Crippen molar-refractivity contribution in [1.29, 1.82) is 0 Å². The fourth-order valence-electron chi connectivity index (χ4n) is 4.29. The molecule has 1 heterocycles. The number of ether oxygens (including phenoxy) is 2. The zero-order valence-electron chi connectivity index (χ0n) is 22.0. The van der Waals surface area contributed by atoms with Crippen LogP contribution in [0.5, 0.6) is 0 Å². The van der Waals surface area contributed by atoms with Gasteiger partial charge in [0.05, 0.1) is 0 Å². The summed E-state index contributed by atoms with van der Waals surface area (Å²) in [6.07, 6.45) is -0.694. The van der Waals surface area contributed by atoms with Gasteiger partial charge in [-0.1, -0.05) is 0 Å². The highest BCUT2D eigenvalue weighted by atomic mass is 19.1. The molecule has 0 unspecified atom stereocenters. The van der Waals surface area contributed by atoms with Crippen LogP contribution in [-0.2, 0) is 40.2 Å². The molecule has 10 nitrogen and oxygen atoms in total. The third-order valence-electron chi connectivity index (χ3n) is 5.67. The van der Waals surface area contributed by atoms with Crippen LogP contribution in [0.2, 0.25) is 0 Å². The number of carbonyl (C=O) groups excluding carboxylic acids is 3. The second-order valence-corrected chi connectivity index (χ2v) is 11.0. The van der Waals surface area contributed by atoms with E-state index in [1.54, 1.807) is 41.5 Å². The third kappa shape index (κ3) is 6.47. The predicted octanol–water partition coefficient (Wildman–Crippen LogP) is 3.04. The molecule has 0 radical (unpaired) electrons. The highest BCUT2D eigenvalue weighted by molar-refractivity contribution is 5.81. The maximum absolute atomic E-state index is 15.7. The highest BCUT2D eigenvalue weighted by Gasteiger charge is 2.33. The highest BCUT2D eigenvalue weighted by Crippen LogP contribution is 2.35. The summed E-state index contributed by atoms with van der Waals surface area (Å²) >= 11 is 0. The molecule has 0 fully saturated rings. The van der Waals surface area contributed by atoms with E-state index in [4.69, 9.17) is 9.47 Å². The van der Waals surface area contributed by atoms with Crippen molar-refractivity contribution in [3.8, 4) is 0 Å². The molecule has 0 saturated carbocycles. The van der Waals surface area contributed by atoms with E-state index >= 15 is 8.78 Å². The Bertz CT molecular complexity index is 1180. The van der Waals surface area contributed by atoms with Crippen LogP contribution in [-0.4, -0.2) is 51.9 Å². The Morgan fingerprint density at radius 1 is 0.865 bits per heavy atom. The topological polar surface area (TPSA) is 121 Å². The lowest BCUT2D eigenvalue weighted by Crippen LogP contribution is -2.37. The second-order valence-electron chi connectivity index (χ2n) is 11.0. The molecule has 1 aromatic heterocycles. The number of halogens is 2. The lowest BCUT2D eigenvalue weighted by molar-refractivity contribution is -0.110. The first kappa shape index (κ1) is 28.1. The van der Waals surface area contributed by atoms with Crippen molar-refractivity contribution in [1.82, 2.24) is 19.8 Å². The average molecular weight is 525 g/mol. The number of aldehydes is 1. The molecule has 37 heavy (non-hydrogen) atoms. The fraction of sp³-hybridized carbons (Fsp3) is 0.600. The number of nitrogens with one attached hydrogen (secondary N) is 2. The molecule has 2 N–H and O–H groups in total. The van der Waals surface area contributed by atoms with Gasteiger partial charge in [-0.2, -0.15) is 0 Å². The minimum Gasteiger partial charge on any atom is -0.444 e. The number of carbonyl (C=O) groups is 3. The summed E-state index contributed by atoms with van der Waals surface area (Å²) in [5, 5.41) is 5.01. The third-order valence-corrected chi connectivity index (χ3v) is 5.67. The number of alkyl carbamates (subject to hydrolysis) is 2. The molecular weight excluding hydrogens is 490 g/mol. The van der Waals surface area contributed by atoms with Crippen molar-refractivity contribution < 1.29 is 32.6 Å². The molecular formula is C25H34F2N4O6. The maximum Gasteiger partial charge on any atom is 0.407 e. The largest absolute Gasteiger partial charge is 0.444 e.